The van der Waals surface area contributed by atoms with Gasteiger partial charge < -0.3 is 10.8 Å². The molecule has 0 fully saturated rings. The summed E-state index contributed by atoms with van der Waals surface area (Å²) < 4.78 is 0. The SMILES string of the molecule is [Ac].[NH-]C(Cc1ccccc1)C(=O)O. The van der Waals surface area contributed by atoms with Crippen molar-refractivity contribution < 1.29 is 54.0 Å². The maximum Gasteiger partial charge on any atom is 0.285 e. The maximum absolute atomic E-state index is 10.3. The number of nitrogens with one attached hydrogen (secondary N) is 1. The molecule has 1 rings (SSSR count). The molecule has 0 saturated carbocycles. The van der Waals surface area contributed by atoms with Crippen LogP contribution in [-0.4, -0.2) is 17.1 Å². The Bertz CT molecular complexity index is 264. The maximum atomic E-state index is 10.3. The van der Waals surface area contributed by atoms with E-state index in [0.717, 1.165) is 5.56 Å². The van der Waals surface area contributed by atoms with Gasteiger partial charge in [0.1, 0.15) is 0 Å². The summed E-state index contributed by atoms with van der Waals surface area (Å²) in [7, 11) is 0. The molecule has 0 amide bonds. The number of benzene rings is 1. The van der Waals surface area contributed by atoms with Crippen LogP contribution in [0.1, 0.15) is 5.56 Å². The topological polar surface area (TPSA) is 61.1 Å². The van der Waals surface area contributed by atoms with Gasteiger partial charge in [0, 0.05) is 44.1 Å². The molecule has 0 aromatic heterocycles. The number of carboxylic acids is 1. The zero-order valence-electron chi connectivity index (χ0n) is 7.10. The van der Waals surface area contributed by atoms with Crippen molar-refractivity contribution in [2.24, 2.45) is 0 Å². The van der Waals surface area contributed by atoms with Gasteiger partial charge in [0.2, 0.25) is 0 Å². The van der Waals surface area contributed by atoms with Gasteiger partial charge in [-0.1, -0.05) is 30.3 Å². The average Bonchev–Trinajstić information content (AvgIpc) is 2.06. The van der Waals surface area contributed by atoms with E-state index in [-0.39, 0.29) is 50.5 Å². The first-order valence-corrected chi connectivity index (χ1v) is 3.68. The van der Waals surface area contributed by atoms with E-state index in [4.69, 9.17) is 10.8 Å². The van der Waals surface area contributed by atoms with Gasteiger partial charge in [0.25, 0.3) is 5.97 Å². The van der Waals surface area contributed by atoms with Gasteiger partial charge in [-0.3, -0.25) is 4.79 Å². The molecule has 1 unspecified atom stereocenters. The summed E-state index contributed by atoms with van der Waals surface area (Å²) in [5.41, 5.74) is 8.05. The van der Waals surface area contributed by atoms with E-state index in [2.05, 4.69) is 0 Å². The monoisotopic (exact) mass is 391 g/mol. The van der Waals surface area contributed by atoms with Crippen LogP contribution in [0.15, 0.2) is 30.3 Å². The van der Waals surface area contributed by atoms with Crippen LogP contribution in [0.5, 0.6) is 0 Å². The van der Waals surface area contributed by atoms with Crippen molar-refractivity contribution in [1.29, 1.82) is 0 Å². The van der Waals surface area contributed by atoms with Gasteiger partial charge in [-0.15, -0.1) is 0 Å². The fraction of sp³-hybridized carbons (Fsp3) is 0.222. The Hall–Kier alpha value is 0.0916. The fourth-order valence-corrected chi connectivity index (χ4v) is 0.937. The van der Waals surface area contributed by atoms with Gasteiger partial charge in [0.05, 0.1) is 0 Å². The van der Waals surface area contributed by atoms with E-state index in [0.29, 0.717) is 0 Å². The minimum absolute atomic E-state index is 0. The number of rotatable bonds is 3. The molecule has 1 radical (unpaired) electrons. The van der Waals surface area contributed by atoms with Gasteiger partial charge in [0.15, 0.2) is 0 Å². The summed E-state index contributed by atoms with van der Waals surface area (Å²) in [5, 5.41) is 8.46. The molecule has 1 aromatic rings. The summed E-state index contributed by atoms with van der Waals surface area (Å²) in [6, 6.07) is 8.14. The van der Waals surface area contributed by atoms with Crippen LogP contribution in [0.25, 0.3) is 5.73 Å². The van der Waals surface area contributed by atoms with E-state index in [1.807, 2.05) is 30.3 Å². The molecular weight excluding hydrogens is 381 g/mol. The Labute approximate surface area is 113 Å². The molecule has 2 N–H and O–H groups in total. The molecule has 0 saturated heterocycles. The van der Waals surface area contributed by atoms with Crippen molar-refractivity contribution >= 4 is 5.97 Å². The summed E-state index contributed by atoms with van der Waals surface area (Å²) >= 11 is 0. The molecule has 0 aliphatic carbocycles. The minimum Gasteiger partial charge on any atom is -0.665 e. The molecule has 67 valence electrons. The van der Waals surface area contributed by atoms with Gasteiger partial charge in [-0.05, 0) is 18.0 Å². The number of hydrogen-bond donors (Lipinski definition) is 1. The summed E-state index contributed by atoms with van der Waals surface area (Å²) in [4.78, 5) is 10.3. The Kier molecular flexibility index (Phi) is 6.58. The smallest absolute Gasteiger partial charge is 0.285 e. The number of hydrogen-bond acceptors (Lipinski definition) is 1. The van der Waals surface area contributed by atoms with Crippen LogP contribution in [0, 0.1) is 44.1 Å². The second-order valence-corrected chi connectivity index (χ2v) is 2.58. The van der Waals surface area contributed by atoms with Crippen molar-refractivity contribution in [3.63, 3.8) is 0 Å². The normalized spacial score (nSPS) is 11.5. The molecule has 0 bridgehead atoms. The first-order valence-electron chi connectivity index (χ1n) is 3.68. The predicted octanol–water partition coefficient (Wildman–Crippen LogP) is 1.73. The number of aliphatic carboxylic acids is 1. The summed E-state index contributed by atoms with van der Waals surface area (Å²) in [5.74, 6) is -1.07. The van der Waals surface area contributed by atoms with Gasteiger partial charge in [-0.2, -0.15) is 0 Å². The third kappa shape index (κ3) is 4.76. The Balaban J connectivity index is 0.00000144. The Morgan fingerprint density at radius 3 is 2.38 bits per heavy atom. The van der Waals surface area contributed by atoms with Crippen molar-refractivity contribution in [3.05, 3.63) is 41.6 Å². The standard InChI is InChI=1S/C9H10NO2.Ac/c10-8(9(11)12)6-7-4-2-1-3-5-7;/h1-5,8,10H,6H2,(H,11,12);/q-1;. The zero-order chi connectivity index (χ0) is 8.97. The van der Waals surface area contributed by atoms with E-state index >= 15 is 0 Å². The summed E-state index contributed by atoms with van der Waals surface area (Å²) in [6.07, 6.45) is 0.274. The Morgan fingerprint density at radius 2 is 1.92 bits per heavy atom. The van der Waals surface area contributed by atoms with Crippen molar-refractivity contribution in [2.45, 2.75) is 12.5 Å². The molecular formula is C9H10AcNO2-. The average molecular weight is 391 g/mol. The van der Waals surface area contributed by atoms with Crippen molar-refractivity contribution in [1.82, 2.24) is 0 Å². The number of carbonyl (C=O) groups is 1. The molecule has 13 heavy (non-hydrogen) atoms. The first-order chi connectivity index (χ1) is 5.70. The van der Waals surface area contributed by atoms with Crippen molar-refractivity contribution in [2.75, 3.05) is 0 Å². The fourth-order valence-electron chi connectivity index (χ4n) is 0.937. The van der Waals surface area contributed by atoms with Crippen LogP contribution in [0.4, 0.5) is 0 Å². The van der Waals surface area contributed by atoms with Crippen LogP contribution < -0.4 is 0 Å². The summed E-state index contributed by atoms with van der Waals surface area (Å²) in [6.45, 7) is 0. The predicted molar refractivity (Wildman–Crippen MR) is 45.9 cm³/mol. The second-order valence-electron chi connectivity index (χ2n) is 2.58. The van der Waals surface area contributed by atoms with E-state index in [9.17, 15) is 4.79 Å². The zero-order valence-corrected chi connectivity index (χ0v) is 11.8. The van der Waals surface area contributed by atoms with E-state index in [1.54, 1.807) is 0 Å². The van der Waals surface area contributed by atoms with E-state index < -0.39 is 12.0 Å². The van der Waals surface area contributed by atoms with Crippen LogP contribution in [-0.2, 0) is 11.2 Å². The number of carboxylic acid groups (broad SMARTS) is 1. The van der Waals surface area contributed by atoms with Crippen LogP contribution in [0.3, 0.4) is 0 Å². The van der Waals surface area contributed by atoms with Gasteiger partial charge >= 0.3 is 0 Å². The molecule has 0 heterocycles. The first kappa shape index (κ1) is 13.1. The molecule has 0 aliphatic heterocycles. The molecule has 0 spiro atoms. The molecule has 4 heteroatoms. The third-order valence-electron chi connectivity index (χ3n) is 1.58. The Morgan fingerprint density at radius 1 is 1.38 bits per heavy atom. The van der Waals surface area contributed by atoms with E-state index in [1.165, 1.54) is 0 Å². The molecule has 1 atom stereocenters. The second kappa shape index (κ2) is 6.53. The minimum atomic E-state index is -1.07. The van der Waals surface area contributed by atoms with Crippen LogP contribution in [0.2, 0.25) is 0 Å². The van der Waals surface area contributed by atoms with Crippen molar-refractivity contribution in [3.8, 4) is 0 Å². The molecule has 1 aromatic carbocycles. The third-order valence-corrected chi connectivity index (χ3v) is 1.58. The largest absolute Gasteiger partial charge is 0.665 e. The van der Waals surface area contributed by atoms with Crippen LogP contribution >= 0.6 is 0 Å². The quantitative estimate of drug-likeness (QED) is 0.854. The van der Waals surface area contributed by atoms with Gasteiger partial charge in [-0.25, -0.2) is 0 Å². The molecule has 3 nitrogen and oxygen atoms in total. The molecule has 0 aliphatic rings.